The molecule has 5 atom stereocenters. The molecule has 5 unspecified atom stereocenters. The second kappa shape index (κ2) is 67.2. The van der Waals surface area contributed by atoms with Gasteiger partial charge < -0.3 is 34.2 Å². The highest BCUT2D eigenvalue weighted by Gasteiger charge is 2.29. The lowest BCUT2D eigenvalue weighted by atomic mass is 10.1. The van der Waals surface area contributed by atoms with Crippen LogP contribution in [0, 0.1) is 0 Å². The molecule has 18 heteroatoms. The zero-order chi connectivity index (χ0) is 68.1. The number of aliphatic hydroxyl groups excluding tert-OH is 2. The molecule has 0 aliphatic carbocycles. The fraction of sp³-hybridized carbons (Fsp3) is 0.613. The van der Waals surface area contributed by atoms with E-state index in [0.29, 0.717) is 19.3 Å². The van der Waals surface area contributed by atoms with Crippen LogP contribution in [-0.4, -0.2) is 95.9 Å². The maximum Gasteiger partial charge on any atom is 0.472 e. The summed E-state index contributed by atoms with van der Waals surface area (Å²) in [6.07, 6.45) is 81.5. The van der Waals surface area contributed by atoms with Gasteiger partial charge in [-0.3, -0.25) is 32.5 Å². The highest BCUT2D eigenvalue weighted by molar-refractivity contribution is 7.47. The van der Waals surface area contributed by atoms with E-state index in [1.165, 1.54) is 0 Å². The molecule has 0 aromatic carbocycles. The van der Waals surface area contributed by atoms with Gasteiger partial charge in [0, 0.05) is 19.3 Å². The van der Waals surface area contributed by atoms with Gasteiger partial charge in [-0.05, 0) is 141 Å². The van der Waals surface area contributed by atoms with Crippen LogP contribution in [0.2, 0.25) is 0 Å². The van der Waals surface area contributed by atoms with Gasteiger partial charge in [0.15, 0.2) is 6.10 Å². The average molecular weight is 1340 g/mol. The van der Waals surface area contributed by atoms with E-state index in [1.807, 2.05) is 0 Å². The third-order valence-corrected chi connectivity index (χ3v) is 15.6. The first-order valence-electron chi connectivity index (χ1n) is 34.8. The van der Waals surface area contributed by atoms with Crippen LogP contribution in [-0.2, 0) is 55.8 Å². The number of phosphoric ester groups is 2. The van der Waals surface area contributed by atoms with Crippen molar-refractivity contribution in [2.45, 2.75) is 257 Å². The fourth-order valence-corrected chi connectivity index (χ4v) is 10.1. The first kappa shape index (κ1) is 88.2. The molecule has 0 rings (SSSR count). The van der Waals surface area contributed by atoms with Crippen molar-refractivity contribution >= 4 is 33.6 Å². The molecule has 0 bridgehead atoms. The molecule has 0 heterocycles. The normalized spacial score (nSPS) is 15.1. The number of unbranched alkanes of at least 4 members (excludes halogenated alkanes) is 15. The monoisotopic (exact) mass is 1340 g/mol. The van der Waals surface area contributed by atoms with Crippen molar-refractivity contribution in [3.63, 3.8) is 0 Å². The van der Waals surface area contributed by atoms with Gasteiger partial charge >= 0.3 is 33.6 Å². The van der Waals surface area contributed by atoms with Crippen molar-refractivity contribution in [3.8, 4) is 0 Å². The summed E-state index contributed by atoms with van der Waals surface area (Å²) in [5.41, 5.74) is 0. The van der Waals surface area contributed by atoms with Crippen molar-refractivity contribution in [3.05, 3.63) is 158 Å². The molecule has 0 aromatic rings. The number of carbonyl (C=O) groups excluding carboxylic acids is 3. The lowest BCUT2D eigenvalue weighted by Gasteiger charge is -2.21. The van der Waals surface area contributed by atoms with Crippen LogP contribution in [0.1, 0.15) is 239 Å². The van der Waals surface area contributed by atoms with Crippen molar-refractivity contribution in [1.82, 2.24) is 0 Å². The Morgan fingerprint density at radius 2 is 0.538 bits per heavy atom. The quantitative estimate of drug-likeness (QED) is 0.0146. The number of phosphoric acid groups is 2. The van der Waals surface area contributed by atoms with Crippen molar-refractivity contribution in [1.29, 1.82) is 0 Å². The summed E-state index contributed by atoms with van der Waals surface area (Å²) in [5, 5.41) is 20.6. The molecular formula is C75H122O16P2. The van der Waals surface area contributed by atoms with Gasteiger partial charge in [-0.15, -0.1) is 0 Å². The average Bonchev–Trinajstić information content (AvgIpc) is 2.84. The number of hydrogen-bond donors (Lipinski definition) is 4. The minimum atomic E-state index is -4.94. The Bertz CT molecular complexity index is 2320. The van der Waals surface area contributed by atoms with E-state index in [9.17, 15) is 43.5 Å². The largest absolute Gasteiger partial charge is 0.472 e. The highest BCUT2D eigenvalue weighted by atomic mass is 31.2. The Balaban J connectivity index is 4.66. The first-order valence-corrected chi connectivity index (χ1v) is 37.8. The lowest BCUT2D eigenvalue weighted by Crippen LogP contribution is -2.30. The van der Waals surface area contributed by atoms with E-state index < -0.39 is 91.5 Å². The number of aliphatic hydroxyl groups is 2. The fourth-order valence-electron chi connectivity index (χ4n) is 8.52. The summed E-state index contributed by atoms with van der Waals surface area (Å²) >= 11 is 0. The van der Waals surface area contributed by atoms with E-state index in [1.54, 1.807) is 0 Å². The zero-order valence-corrected chi connectivity index (χ0v) is 58.9. The van der Waals surface area contributed by atoms with E-state index in [0.717, 1.165) is 180 Å². The maximum absolute atomic E-state index is 12.9. The van der Waals surface area contributed by atoms with E-state index in [2.05, 4.69) is 179 Å². The molecule has 0 spiro atoms. The molecule has 0 fully saturated rings. The molecule has 0 saturated heterocycles. The van der Waals surface area contributed by atoms with Crippen LogP contribution < -0.4 is 0 Å². The summed E-state index contributed by atoms with van der Waals surface area (Å²) < 4.78 is 60.9. The van der Waals surface area contributed by atoms with Gasteiger partial charge in [0.1, 0.15) is 25.4 Å². The Kier molecular flexibility index (Phi) is 63.7. The molecular weight excluding hydrogens is 1220 g/mol. The van der Waals surface area contributed by atoms with Gasteiger partial charge in [-0.2, -0.15) is 0 Å². The lowest BCUT2D eigenvalue weighted by molar-refractivity contribution is -0.161. The maximum atomic E-state index is 12.9. The molecule has 528 valence electrons. The second-order valence-electron chi connectivity index (χ2n) is 22.5. The molecule has 93 heavy (non-hydrogen) atoms. The first-order chi connectivity index (χ1) is 45.2. The third-order valence-electron chi connectivity index (χ3n) is 13.7. The van der Waals surface area contributed by atoms with Crippen molar-refractivity contribution in [2.24, 2.45) is 0 Å². The number of carbonyl (C=O) groups is 3. The molecule has 0 aliphatic rings. The second-order valence-corrected chi connectivity index (χ2v) is 25.4. The number of hydrogen-bond acceptors (Lipinski definition) is 14. The minimum absolute atomic E-state index is 0.0736. The minimum Gasteiger partial charge on any atom is -0.463 e. The standard InChI is InChI=1S/C75H122O16P2/c1-4-7-10-13-16-19-22-25-28-30-31-32-33-34-35-36-37-39-42-43-46-49-52-55-58-61-73(78)85-64-70(76)65-87-92(81,82)88-66-71(77)67-89-93(83,84)90-69-72(91-75(80)63-60-57-54-51-48-45-40-27-24-21-18-15-12-9-6-3)68-86-74(79)62-59-56-53-50-47-44-41-38-29-26-23-20-17-14-11-8-5-2/h7-12,16-21,25-29,31-32,34-35,37,39-41,44,70-72,76-77H,4-6,13-15,22-24,30,33,36,38,42-43,45-69H2,1-3H3,(H,81,82)(H,83,84)/b10-7-,11-8-,12-9-,19-16-,20-17-,21-18-,28-25-,29-26-,32-31-,35-34-,39-37-,40-27-,44-41-. The van der Waals surface area contributed by atoms with Crippen LogP contribution in [0.25, 0.3) is 0 Å². The summed E-state index contributed by atoms with van der Waals surface area (Å²) in [6.45, 7) is 2.23. The molecule has 0 radical (unpaired) electrons. The molecule has 4 N–H and O–H groups in total. The van der Waals surface area contributed by atoms with Crippen LogP contribution in [0.5, 0.6) is 0 Å². The molecule has 0 aromatic heterocycles. The number of ether oxygens (including phenoxy) is 3. The van der Waals surface area contributed by atoms with Crippen molar-refractivity contribution < 1.29 is 75.8 Å². The van der Waals surface area contributed by atoms with Crippen LogP contribution >= 0.6 is 15.6 Å². The van der Waals surface area contributed by atoms with Gasteiger partial charge in [0.05, 0.1) is 26.4 Å². The number of rotatable bonds is 64. The molecule has 0 amide bonds. The smallest absolute Gasteiger partial charge is 0.463 e. The van der Waals surface area contributed by atoms with E-state index in [-0.39, 0.29) is 19.3 Å². The van der Waals surface area contributed by atoms with Gasteiger partial charge in [0.25, 0.3) is 0 Å². The predicted molar refractivity (Wildman–Crippen MR) is 380 cm³/mol. The molecule has 16 nitrogen and oxygen atoms in total. The van der Waals surface area contributed by atoms with Crippen LogP contribution in [0.3, 0.4) is 0 Å². The Hall–Kier alpha value is -4.83. The summed E-state index contributed by atoms with van der Waals surface area (Å²) in [6, 6.07) is 0. The van der Waals surface area contributed by atoms with Crippen LogP contribution in [0.4, 0.5) is 0 Å². The van der Waals surface area contributed by atoms with Crippen molar-refractivity contribution in [2.75, 3.05) is 39.6 Å². The van der Waals surface area contributed by atoms with E-state index in [4.69, 9.17) is 32.3 Å². The topological polar surface area (TPSA) is 231 Å². The Morgan fingerprint density at radius 3 is 0.849 bits per heavy atom. The zero-order valence-electron chi connectivity index (χ0n) is 57.1. The molecule has 0 aliphatic heterocycles. The van der Waals surface area contributed by atoms with Gasteiger partial charge in [-0.25, -0.2) is 9.13 Å². The van der Waals surface area contributed by atoms with E-state index >= 15 is 0 Å². The Morgan fingerprint density at radius 1 is 0.301 bits per heavy atom. The third kappa shape index (κ3) is 68.4. The summed E-state index contributed by atoms with van der Waals surface area (Å²) in [7, 11) is -9.81. The predicted octanol–water partition coefficient (Wildman–Crippen LogP) is 19.5. The SMILES string of the molecule is CC/C=C\C/C=C\C/C=C\C/C=C\C/C=C\C/C=C\CCCCCCCCC(=O)OCC(O)COP(=O)(O)OCC(O)COP(=O)(O)OCC(COC(=O)CCCCCC/C=C\C/C=C\C/C=C\C/C=C\CC)OC(=O)CCCCCCC/C=C\C/C=C\C/C=C\CC. The highest BCUT2D eigenvalue weighted by Crippen LogP contribution is 2.45. The van der Waals surface area contributed by atoms with Gasteiger partial charge in [-0.1, -0.05) is 237 Å². The molecule has 0 saturated carbocycles. The number of allylic oxidation sites excluding steroid dienone is 26. The summed E-state index contributed by atoms with van der Waals surface area (Å²) in [4.78, 5) is 58.4. The van der Waals surface area contributed by atoms with Crippen LogP contribution in [0.15, 0.2) is 158 Å². The van der Waals surface area contributed by atoms with Gasteiger partial charge in [0.2, 0.25) is 0 Å². The summed E-state index contributed by atoms with van der Waals surface area (Å²) in [5.74, 6) is -1.65. The Labute approximate surface area is 561 Å². The number of esters is 3.